The first-order valence-electron chi connectivity index (χ1n) is 18.4. The highest BCUT2D eigenvalue weighted by Gasteiger charge is 2.35. The van der Waals surface area contributed by atoms with Crippen LogP contribution in [0, 0.1) is 10.8 Å². The Bertz CT molecular complexity index is 1790. The fraction of sp³-hybridized carbons (Fsp3) is 0.575. The lowest BCUT2D eigenvalue weighted by molar-refractivity contribution is -0.154. The summed E-state index contributed by atoms with van der Waals surface area (Å²) in [5, 5.41) is 0. The van der Waals surface area contributed by atoms with E-state index in [2.05, 4.69) is 0 Å². The van der Waals surface area contributed by atoms with Crippen molar-refractivity contribution in [3.8, 4) is 11.5 Å². The van der Waals surface area contributed by atoms with E-state index >= 15 is 0 Å². The quantitative estimate of drug-likeness (QED) is 0.173. The van der Waals surface area contributed by atoms with E-state index in [4.69, 9.17) is 29.4 Å². The molecular formula is C40H57F2NO10S2. The van der Waals surface area contributed by atoms with Crippen molar-refractivity contribution in [2.24, 2.45) is 16.6 Å². The minimum atomic E-state index is -3.44. The number of esters is 1. The standard InChI is InChI=1S/C23H33FO6S.C17H24FNO4S/c1-22(2,3)30-21(25)10-5-18(15-24)16-29-19-6-8-20(9-7-19)31(26,27)17-23(4)11-13-28-14-12-23;1-17(6-8-22-9-7-17)13-24(20,21)16-4-2-15(3-5-16)23-12-14(10-18)11-19/h6-9,15H,5,10-14,16-17H2,1-4H3;2-5,10H,6-9,11-13,19H2,1H3/b18-15+;14-10+. The normalized spacial score (nSPS) is 17.7. The van der Waals surface area contributed by atoms with Crippen LogP contribution in [0.4, 0.5) is 8.78 Å². The third-order valence-electron chi connectivity index (χ3n) is 9.33. The summed E-state index contributed by atoms with van der Waals surface area (Å²) in [7, 11) is -6.82. The number of hydrogen-bond donors (Lipinski definition) is 1. The van der Waals surface area contributed by atoms with E-state index in [0.29, 0.717) is 61.7 Å². The highest BCUT2D eigenvalue weighted by atomic mass is 32.2. The van der Waals surface area contributed by atoms with Crippen molar-refractivity contribution in [1.82, 2.24) is 0 Å². The van der Waals surface area contributed by atoms with Crippen molar-refractivity contribution < 1.29 is 54.1 Å². The number of carbonyl (C=O) groups excluding carboxylic acids is 1. The smallest absolute Gasteiger partial charge is 0.306 e. The van der Waals surface area contributed by atoms with E-state index in [-0.39, 0.29) is 64.7 Å². The van der Waals surface area contributed by atoms with Crippen molar-refractivity contribution in [2.45, 2.75) is 88.5 Å². The molecule has 2 aliphatic rings. The molecule has 0 bridgehead atoms. The van der Waals surface area contributed by atoms with Crippen molar-refractivity contribution in [3.05, 3.63) is 72.3 Å². The van der Waals surface area contributed by atoms with Gasteiger partial charge in [0, 0.05) is 45.0 Å². The Hall–Kier alpha value is -3.37. The number of sulfone groups is 2. The van der Waals surface area contributed by atoms with Gasteiger partial charge in [0.15, 0.2) is 19.7 Å². The summed E-state index contributed by atoms with van der Waals surface area (Å²) in [6.45, 7) is 11.7. The van der Waals surface area contributed by atoms with Crippen molar-refractivity contribution >= 4 is 25.6 Å². The SMILES string of the molecule is CC1(CS(=O)(=O)c2ccc(OC/C(=C/F)CCC(=O)OC(C)(C)C)cc2)CCOCC1.CC1(CS(=O)(=O)c2ccc(OC/C(=C/F)CN)cc2)CCOCC1. The van der Waals surface area contributed by atoms with Crippen molar-refractivity contribution in [1.29, 1.82) is 0 Å². The monoisotopic (exact) mass is 813 g/mol. The molecule has 0 saturated carbocycles. The Balaban J connectivity index is 0.000000305. The Labute approximate surface area is 325 Å². The second-order valence-electron chi connectivity index (χ2n) is 15.7. The van der Waals surface area contributed by atoms with Gasteiger partial charge in [-0.15, -0.1) is 0 Å². The molecule has 0 aliphatic carbocycles. The van der Waals surface area contributed by atoms with Crippen LogP contribution in [0.25, 0.3) is 0 Å². The van der Waals surface area contributed by atoms with Crippen LogP contribution in [0.15, 0.2) is 82.1 Å². The summed E-state index contributed by atoms with van der Waals surface area (Å²) in [5.74, 6) is 0.667. The summed E-state index contributed by atoms with van der Waals surface area (Å²) in [5.41, 5.74) is 4.87. The first kappa shape index (κ1) is 46.0. The third kappa shape index (κ3) is 16.0. The Kier molecular flexibility index (Phi) is 17.3. The number of rotatable bonds is 16. The van der Waals surface area contributed by atoms with E-state index in [1.165, 1.54) is 24.3 Å². The van der Waals surface area contributed by atoms with E-state index in [9.17, 15) is 30.4 Å². The van der Waals surface area contributed by atoms with Crippen LogP contribution in [0.3, 0.4) is 0 Å². The molecule has 55 heavy (non-hydrogen) atoms. The van der Waals surface area contributed by atoms with Gasteiger partial charge in [0.25, 0.3) is 0 Å². The Morgan fingerprint density at radius 2 is 1.09 bits per heavy atom. The van der Waals surface area contributed by atoms with Gasteiger partial charge in [-0.05, 0) is 118 Å². The molecule has 11 nitrogen and oxygen atoms in total. The molecular weight excluding hydrogens is 757 g/mol. The average molecular weight is 814 g/mol. The topological polar surface area (TPSA) is 158 Å². The zero-order valence-corrected chi connectivity index (χ0v) is 34.2. The maximum absolute atomic E-state index is 13.1. The highest BCUT2D eigenvalue weighted by molar-refractivity contribution is 7.91. The number of halogens is 2. The van der Waals surface area contributed by atoms with E-state index in [1.807, 2.05) is 13.8 Å². The van der Waals surface area contributed by atoms with Gasteiger partial charge in [-0.3, -0.25) is 4.79 Å². The lowest BCUT2D eigenvalue weighted by Crippen LogP contribution is -2.33. The fourth-order valence-corrected chi connectivity index (χ4v) is 9.74. The van der Waals surface area contributed by atoms with Gasteiger partial charge in [0.05, 0.1) is 34.0 Å². The van der Waals surface area contributed by atoms with E-state index in [1.54, 1.807) is 45.0 Å². The molecule has 15 heteroatoms. The molecule has 0 spiro atoms. The molecule has 2 aliphatic heterocycles. The molecule has 2 fully saturated rings. The van der Waals surface area contributed by atoms with Crippen LogP contribution in [0.2, 0.25) is 0 Å². The second-order valence-corrected chi connectivity index (χ2v) is 19.7. The van der Waals surface area contributed by atoms with E-state index < -0.39 is 31.2 Å². The van der Waals surface area contributed by atoms with Crippen molar-refractivity contribution in [3.63, 3.8) is 0 Å². The largest absolute Gasteiger partial charge is 0.489 e. The molecule has 2 heterocycles. The van der Waals surface area contributed by atoms with Crippen molar-refractivity contribution in [2.75, 3.05) is 57.7 Å². The third-order valence-corrected chi connectivity index (χ3v) is 13.5. The summed E-state index contributed by atoms with van der Waals surface area (Å²) < 4.78 is 103. The molecule has 2 N–H and O–H groups in total. The maximum atomic E-state index is 13.1. The zero-order chi connectivity index (χ0) is 40.8. The lowest BCUT2D eigenvalue weighted by atomic mass is 9.85. The summed E-state index contributed by atoms with van der Waals surface area (Å²) in [6.07, 6.45) is 4.00. The van der Waals surface area contributed by atoms with E-state index in [0.717, 1.165) is 25.7 Å². The first-order valence-corrected chi connectivity index (χ1v) is 21.7. The van der Waals surface area contributed by atoms with Crippen LogP contribution in [0.1, 0.15) is 73.1 Å². The number of ether oxygens (including phenoxy) is 5. The number of hydrogen-bond acceptors (Lipinski definition) is 11. The van der Waals surface area contributed by atoms with Crippen LogP contribution >= 0.6 is 0 Å². The Morgan fingerprint density at radius 3 is 1.44 bits per heavy atom. The maximum Gasteiger partial charge on any atom is 0.306 e. The number of carbonyl (C=O) groups is 1. The predicted molar refractivity (Wildman–Crippen MR) is 207 cm³/mol. The van der Waals surface area contributed by atoms with Gasteiger partial charge >= 0.3 is 5.97 Å². The van der Waals surface area contributed by atoms with Gasteiger partial charge in [0.1, 0.15) is 30.3 Å². The van der Waals surface area contributed by atoms with Gasteiger partial charge < -0.3 is 29.4 Å². The molecule has 2 saturated heterocycles. The minimum absolute atomic E-state index is 0.0382. The summed E-state index contributed by atoms with van der Waals surface area (Å²) in [4.78, 5) is 12.3. The molecule has 0 aromatic heterocycles. The van der Waals surface area contributed by atoms with Gasteiger partial charge in [0.2, 0.25) is 0 Å². The van der Waals surface area contributed by atoms with Crippen LogP contribution in [0.5, 0.6) is 11.5 Å². The second kappa shape index (κ2) is 20.7. The summed E-state index contributed by atoms with van der Waals surface area (Å²) in [6, 6.07) is 12.3. The molecule has 0 amide bonds. The molecule has 4 rings (SSSR count). The molecule has 0 unspecified atom stereocenters. The molecule has 0 atom stereocenters. The summed E-state index contributed by atoms with van der Waals surface area (Å²) >= 11 is 0. The van der Waals surface area contributed by atoms with Gasteiger partial charge in [-0.2, -0.15) is 0 Å². The number of nitrogens with two attached hydrogens (primary N) is 1. The molecule has 0 radical (unpaired) electrons. The number of benzene rings is 2. The van der Waals surface area contributed by atoms with Crippen LogP contribution < -0.4 is 15.2 Å². The van der Waals surface area contributed by atoms with Gasteiger partial charge in [-0.25, -0.2) is 25.6 Å². The lowest BCUT2D eigenvalue weighted by Gasteiger charge is -2.33. The van der Waals surface area contributed by atoms with Crippen LogP contribution in [-0.2, 0) is 38.7 Å². The molecule has 308 valence electrons. The van der Waals surface area contributed by atoms with Crippen LogP contribution in [-0.4, -0.2) is 86.1 Å². The minimum Gasteiger partial charge on any atom is -0.489 e. The predicted octanol–water partition coefficient (Wildman–Crippen LogP) is 7.10. The zero-order valence-electron chi connectivity index (χ0n) is 32.6. The fourth-order valence-electron chi connectivity index (χ4n) is 5.89. The molecule has 2 aromatic carbocycles. The Morgan fingerprint density at radius 1 is 0.709 bits per heavy atom. The average Bonchev–Trinajstić information content (AvgIpc) is 3.12. The van der Waals surface area contributed by atoms with Gasteiger partial charge in [-0.1, -0.05) is 13.8 Å². The first-order chi connectivity index (χ1) is 25.8. The molecule has 2 aromatic rings. The highest BCUT2D eigenvalue weighted by Crippen LogP contribution is 2.35.